The number of allylic oxidation sites excluding steroid dienone is 4. The Morgan fingerprint density at radius 1 is 1.22 bits per heavy atom. The lowest BCUT2D eigenvalue weighted by atomic mass is 9.79. The number of anilines is 1. The van der Waals surface area contributed by atoms with E-state index < -0.39 is 6.29 Å². The van der Waals surface area contributed by atoms with Crippen LogP contribution in [0.15, 0.2) is 41.5 Å². The number of nitrogens with zero attached hydrogens (tertiary/aromatic N) is 2. The number of carbonyl (C=O) groups is 1. The highest BCUT2D eigenvalue weighted by molar-refractivity contribution is 5.89. The van der Waals surface area contributed by atoms with Gasteiger partial charge in [0.05, 0.1) is 5.92 Å². The first-order valence-electron chi connectivity index (χ1n) is 12.9. The minimum absolute atomic E-state index is 0.107. The molecule has 0 radical (unpaired) electrons. The van der Waals surface area contributed by atoms with E-state index in [0.29, 0.717) is 25.0 Å². The summed E-state index contributed by atoms with van der Waals surface area (Å²) < 4.78 is 37.2. The topological polar surface area (TPSA) is 69.8 Å². The number of likely N-dealkylation sites (N-methyl/N-ethyl adjacent to an activating group) is 1. The highest BCUT2D eigenvalue weighted by Gasteiger charge is 2.47. The molecule has 0 saturated carbocycles. The Labute approximate surface area is 209 Å². The normalized spacial score (nSPS) is 27.4. The van der Waals surface area contributed by atoms with Crippen molar-refractivity contribution in [2.24, 2.45) is 11.8 Å². The number of alkyl halides is 2. The SMILES string of the molecule is CCN1CCN(C(=O)C2C=CCC(C3=Cc4c(C5=CCCC6=C5OC(F)(F)O6)c[nH]c4NC3)C2)CC1. The molecule has 9 heteroatoms. The highest BCUT2D eigenvalue weighted by atomic mass is 19.3. The maximum absolute atomic E-state index is 13.8. The first-order valence-corrected chi connectivity index (χ1v) is 12.9. The molecule has 0 aromatic carbocycles. The van der Waals surface area contributed by atoms with Gasteiger partial charge in [0.1, 0.15) is 5.82 Å². The average Bonchev–Trinajstić information content (AvgIpc) is 3.47. The summed E-state index contributed by atoms with van der Waals surface area (Å²) >= 11 is 0. The molecule has 7 nitrogen and oxygen atoms in total. The van der Waals surface area contributed by atoms with Crippen LogP contribution < -0.4 is 5.32 Å². The van der Waals surface area contributed by atoms with Gasteiger partial charge in [-0.15, -0.1) is 8.78 Å². The minimum Gasteiger partial charge on any atom is -0.400 e. The van der Waals surface area contributed by atoms with Crippen LogP contribution in [0.4, 0.5) is 14.6 Å². The van der Waals surface area contributed by atoms with Gasteiger partial charge in [-0.1, -0.05) is 25.2 Å². The monoisotopic (exact) mass is 498 g/mol. The van der Waals surface area contributed by atoms with Crippen molar-refractivity contribution in [3.05, 3.63) is 52.6 Å². The summed E-state index contributed by atoms with van der Waals surface area (Å²) in [5.74, 6) is 1.56. The lowest BCUT2D eigenvalue weighted by Crippen LogP contribution is -2.50. The molecule has 2 N–H and O–H groups in total. The standard InChI is InChI=1S/C27H32F2N4O3/c1-2-32-9-11-33(12-10-32)26(34)18-6-3-5-17(13-18)19-14-21-22(16-31-25(21)30-15-19)20-7-4-8-23-24(20)36-27(28,29)35-23/h3,6-7,14,16-18,30-31H,2,4-5,8-13,15H2,1H3. The summed E-state index contributed by atoms with van der Waals surface area (Å²) in [5, 5.41) is 3.45. The van der Waals surface area contributed by atoms with Crippen LogP contribution in [0.2, 0.25) is 0 Å². The lowest BCUT2D eigenvalue weighted by molar-refractivity contribution is -0.336. The van der Waals surface area contributed by atoms with Crippen molar-refractivity contribution >= 4 is 23.4 Å². The molecule has 2 unspecified atom stereocenters. The summed E-state index contributed by atoms with van der Waals surface area (Å²) in [5.41, 5.74) is 3.60. The van der Waals surface area contributed by atoms with Crippen LogP contribution >= 0.6 is 0 Å². The van der Waals surface area contributed by atoms with Crippen LogP contribution in [0.3, 0.4) is 0 Å². The second kappa shape index (κ2) is 9.10. The number of halogens is 2. The molecule has 36 heavy (non-hydrogen) atoms. The lowest BCUT2D eigenvalue weighted by Gasteiger charge is -2.37. The van der Waals surface area contributed by atoms with E-state index >= 15 is 0 Å². The molecule has 3 aliphatic heterocycles. The van der Waals surface area contributed by atoms with E-state index in [9.17, 15) is 13.6 Å². The highest BCUT2D eigenvalue weighted by Crippen LogP contribution is 2.47. The molecule has 1 fully saturated rings. The predicted molar refractivity (Wildman–Crippen MR) is 133 cm³/mol. The molecule has 2 atom stereocenters. The van der Waals surface area contributed by atoms with Gasteiger partial charge in [0.25, 0.3) is 0 Å². The van der Waals surface area contributed by atoms with Crippen molar-refractivity contribution in [3.8, 4) is 0 Å². The van der Waals surface area contributed by atoms with Crippen molar-refractivity contribution in [3.63, 3.8) is 0 Å². The fraction of sp³-hybridized carbons (Fsp3) is 0.519. The molecule has 0 spiro atoms. The van der Waals surface area contributed by atoms with Crippen molar-refractivity contribution in [2.75, 3.05) is 44.6 Å². The van der Waals surface area contributed by atoms with Gasteiger partial charge in [-0.2, -0.15) is 0 Å². The number of rotatable bonds is 4. The molecule has 1 saturated heterocycles. The van der Waals surface area contributed by atoms with Crippen LogP contribution in [0, 0.1) is 11.8 Å². The number of piperazine rings is 1. The van der Waals surface area contributed by atoms with E-state index in [1.54, 1.807) is 0 Å². The van der Waals surface area contributed by atoms with Gasteiger partial charge in [0, 0.05) is 62.0 Å². The molecule has 2 aliphatic carbocycles. The second-order valence-corrected chi connectivity index (χ2v) is 10.1. The van der Waals surface area contributed by atoms with E-state index in [0.717, 1.165) is 62.5 Å². The van der Waals surface area contributed by atoms with E-state index in [2.05, 4.69) is 40.4 Å². The van der Waals surface area contributed by atoms with Crippen LogP contribution in [-0.2, 0) is 14.3 Å². The zero-order valence-corrected chi connectivity index (χ0v) is 20.5. The third kappa shape index (κ3) is 4.23. The van der Waals surface area contributed by atoms with Gasteiger partial charge >= 0.3 is 6.29 Å². The zero-order valence-electron chi connectivity index (χ0n) is 20.5. The van der Waals surface area contributed by atoms with E-state index in [4.69, 9.17) is 9.47 Å². The number of fused-ring (bicyclic) bond motifs is 1. The number of ether oxygens (including phenoxy) is 2. The van der Waals surface area contributed by atoms with Gasteiger partial charge in [-0.25, -0.2) is 0 Å². The van der Waals surface area contributed by atoms with Gasteiger partial charge in [0.2, 0.25) is 5.91 Å². The number of carbonyl (C=O) groups excluding carboxylic acids is 1. The number of H-pyrrole nitrogens is 1. The van der Waals surface area contributed by atoms with Crippen LogP contribution in [0.1, 0.15) is 43.7 Å². The molecule has 0 bridgehead atoms. The van der Waals surface area contributed by atoms with Crippen LogP contribution in [0.5, 0.6) is 0 Å². The van der Waals surface area contributed by atoms with Crippen LogP contribution in [0.25, 0.3) is 11.6 Å². The quantitative estimate of drug-likeness (QED) is 0.596. The molecule has 4 heterocycles. The van der Waals surface area contributed by atoms with Gasteiger partial charge in [-0.05, 0) is 43.4 Å². The maximum atomic E-state index is 13.8. The number of hydrogen-bond acceptors (Lipinski definition) is 5. The molecule has 6 rings (SSSR count). The predicted octanol–water partition coefficient (Wildman–Crippen LogP) is 4.56. The average molecular weight is 499 g/mol. The number of hydrogen-bond donors (Lipinski definition) is 2. The zero-order chi connectivity index (χ0) is 24.9. The summed E-state index contributed by atoms with van der Waals surface area (Å²) in [7, 11) is 0. The molecule has 1 amide bonds. The Morgan fingerprint density at radius 2 is 2.06 bits per heavy atom. The van der Waals surface area contributed by atoms with E-state index in [1.807, 2.05) is 17.2 Å². The van der Waals surface area contributed by atoms with Crippen molar-refractivity contribution < 1.29 is 23.0 Å². The number of amides is 1. The van der Waals surface area contributed by atoms with Gasteiger partial charge in [0.15, 0.2) is 11.5 Å². The van der Waals surface area contributed by atoms with Crippen molar-refractivity contribution in [1.82, 2.24) is 14.8 Å². The number of nitrogens with one attached hydrogen (secondary N) is 2. The summed E-state index contributed by atoms with van der Waals surface area (Å²) in [6, 6.07) is 0. The third-order valence-electron chi connectivity index (χ3n) is 7.99. The van der Waals surface area contributed by atoms with Crippen molar-refractivity contribution in [2.45, 2.75) is 38.9 Å². The third-order valence-corrected chi connectivity index (χ3v) is 7.99. The molecule has 1 aromatic heterocycles. The smallest absolute Gasteiger partial charge is 0.400 e. The minimum atomic E-state index is -3.62. The first kappa shape index (κ1) is 23.3. The molecular formula is C27H32F2N4O3. The van der Waals surface area contributed by atoms with E-state index in [-0.39, 0.29) is 29.3 Å². The largest absolute Gasteiger partial charge is 0.585 e. The van der Waals surface area contributed by atoms with Crippen molar-refractivity contribution in [1.29, 1.82) is 0 Å². The Hall–Kier alpha value is -3.07. The Bertz CT molecular complexity index is 1170. The molecule has 5 aliphatic rings. The Balaban J connectivity index is 1.20. The summed E-state index contributed by atoms with van der Waals surface area (Å²) in [6.45, 7) is 7.32. The second-order valence-electron chi connectivity index (χ2n) is 10.1. The van der Waals surface area contributed by atoms with E-state index in [1.165, 1.54) is 5.57 Å². The fourth-order valence-corrected chi connectivity index (χ4v) is 5.96. The summed E-state index contributed by atoms with van der Waals surface area (Å²) in [4.78, 5) is 20.9. The van der Waals surface area contributed by atoms with Gasteiger partial charge < -0.3 is 29.6 Å². The number of aromatic nitrogens is 1. The first-order chi connectivity index (χ1) is 17.4. The maximum Gasteiger partial charge on any atom is 0.585 e. The Kier molecular flexibility index (Phi) is 5.90. The fourth-order valence-electron chi connectivity index (χ4n) is 5.96. The number of aromatic amines is 1. The Morgan fingerprint density at radius 3 is 2.86 bits per heavy atom. The van der Waals surface area contributed by atoms with Crippen LogP contribution in [-0.4, -0.2) is 66.3 Å². The molecular weight excluding hydrogens is 466 g/mol. The summed E-state index contributed by atoms with van der Waals surface area (Å²) in [6.07, 6.45) is 9.21. The molecule has 192 valence electrons. The molecule has 1 aromatic rings. The van der Waals surface area contributed by atoms with Gasteiger partial charge in [-0.3, -0.25) is 4.79 Å².